The van der Waals surface area contributed by atoms with E-state index in [4.69, 9.17) is 16.3 Å². The Morgan fingerprint density at radius 2 is 2.19 bits per heavy atom. The highest BCUT2D eigenvalue weighted by Crippen LogP contribution is 2.18. The minimum atomic E-state index is 0.488. The zero-order chi connectivity index (χ0) is 14.7. The van der Waals surface area contributed by atoms with Gasteiger partial charge in [-0.2, -0.15) is 9.61 Å². The molecule has 3 heterocycles. The Kier molecular flexibility index (Phi) is 4.57. The average Bonchev–Trinajstić information content (AvgIpc) is 2.86. The zero-order valence-electron chi connectivity index (χ0n) is 12.2. The number of morpholine rings is 1. The van der Waals surface area contributed by atoms with E-state index in [-0.39, 0.29) is 0 Å². The van der Waals surface area contributed by atoms with Crippen LogP contribution >= 0.6 is 11.6 Å². The second-order valence-electron chi connectivity index (χ2n) is 5.26. The summed E-state index contributed by atoms with van der Waals surface area (Å²) in [5.74, 6) is 0.889. The van der Waals surface area contributed by atoms with Gasteiger partial charge in [-0.05, 0) is 19.9 Å². The van der Waals surface area contributed by atoms with Crippen LogP contribution in [-0.4, -0.2) is 58.9 Å². The van der Waals surface area contributed by atoms with Crippen molar-refractivity contribution in [1.82, 2.24) is 19.5 Å². The molecule has 0 atom stereocenters. The van der Waals surface area contributed by atoms with Gasteiger partial charge in [0, 0.05) is 31.3 Å². The molecule has 1 aliphatic rings. The molecule has 2 aromatic rings. The first-order valence-corrected chi connectivity index (χ1v) is 7.67. The van der Waals surface area contributed by atoms with E-state index in [1.165, 1.54) is 0 Å². The topological polar surface area (TPSA) is 54.7 Å². The number of nitrogens with zero attached hydrogens (tertiary/aromatic N) is 4. The summed E-state index contributed by atoms with van der Waals surface area (Å²) in [5.41, 5.74) is 1.83. The third kappa shape index (κ3) is 3.45. The first kappa shape index (κ1) is 14.6. The van der Waals surface area contributed by atoms with E-state index >= 15 is 0 Å². The fraction of sp³-hybridized carbons (Fsp3) is 0.571. The molecule has 7 heteroatoms. The van der Waals surface area contributed by atoms with Gasteiger partial charge in [0.05, 0.1) is 19.4 Å². The van der Waals surface area contributed by atoms with Crippen LogP contribution in [0.2, 0.25) is 5.15 Å². The summed E-state index contributed by atoms with van der Waals surface area (Å²) in [6, 6.07) is 1.82. The Morgan fingerprint density at radius 1 is 1.38 bits per heavy atom. The van der Waals surface area contributed by atoms with Crippen molar-refractivity contribution in [2.45, 2.75) is 13.3 Å². The molecule has 0 amide bonds. The predicted molar refractivity (Wildman–Crippen MR) is 83.1 cm³/mol. The van der Waals surface area contributed by atoms with Crippen LogP contribution in [0.1, 0.15) is 12.0 Å². The smallest absolute Gasteiger partial charge is 0.161 e. The van der Waals surface area contributed by atoms with Crippen molar-refractivity contribution in [3.8, 4) is 0 Å². The van der Waals surface area contributed by atoms with E-state index < -0.39 is 0 Å². The van der Waals surface area contributed by atoms with E-state index in [9.17, 15) is 0 Å². The second-order valence-corrected chi connectivity index (χ2v) is 5.65. The van der Waals surface area contributed by atoms with Crippen LogP contribution in [0.3, 0.4) is 0 Å². The van der Waals surface area contributed by atoms with Gasteiger partial charge in [-0.3, -0.25) is 4.90 Å². The van der Waals surface area contributed by atoms with Crippen molar-refractivity contribution in [2.24, 2.45) is 0 Å². The summed E-state index contributed by atoms with van der Waals surface area (Å²) in [6.07, 6.45) is 2.87. The molecule has 1 fully saturated rings. The van der Waals surface area contributed by atoms with Crippen molar-refractivity contribution in [3.63, 3.8) is 0 Å². The van der Waals surface area contributed by atoms with Crippen molar-refractivity contribution in [3.05, 3.63) is 23.0 Å². The van der Waals surface area contributed by atoms with Gasteiger partial charge in [-0.15, -0.1) is 0 Å². The first-order valence-electron chi connectivity index (χ1n) is 7.29. The number of anilines is 1. The number of nitrogens with one attached hydrogen (secondary N) is 1. The zero-order valence-corrected chi connectivity index (χ0v) is 12.9. The third-order valence-electron chi connectivity index (χ3n) is 3.68. The molecule has 2 aromatic heterocycles. The van der Waals surface area contributed by atoms with Crippen LogP contribution < -0.4 is 5.32 Å². The Balaban J connectivity index is 1.57. The summed E-state index contributed by atoms with van der Waals surface area (Å²) in [5, 5.41) is 8.22. The highest BCUT2D eigenvalue weighted by molar-refractivity contribution is 6.29. The lowest BCUT2D eigenvalue weighted by Gasteiger charge is -2.26. The lowest BCUT2D eigenvalue weighted by molar-refractivity contribution is 0.0378. The SMILES string of the molecule is Cc1cnn2c(NCCCN3CCOCC3)cc(Cl)nc12. The third-order valence-corrected chi connectivity index (χ3v) is 3.87. The largest absolute Gasteiger partial charge is 0.379 e. The molecule has 1 N–H and O–H groups in total. The number of hydrogen-bond acceptors (Lipinski definition) is 5. The number of rotatable bonds is 5. The molecule has 6 nitrogen and oxygen atoms in total. The summed E-state index contributed by atoms with van der Waals surface area (Å²) < 4.78 is 7.15. The normalized spacial score (nSPS) is 16.5. The van der Waals surface area contributed by atoms with E-state index in [0.717, 1.165) is 62.8 Å². The Bertz CT molecular complexity index is 609. The molecule has 0 radical (unpaired) electrons. The van der Waals surface area contributed by atoms with Crippen LogP contribution in [-0.2, 0) is 4.74 Å². The highest BCUT2D eigenvalue weighted by Gasteiger charge is 2.10. The van der Waals surface area contributed by atoms with Gasteiger partial charge in [0.15, 0.2) is 5.65 Å². The van der Waals surface area contributed by atoms with E-state index in [1.54, 1.807) is 10.7 Å². The number of fused-ring (bicyclic) bond motifs is 1. The molecule has 0 aliphatic carbocycles. The maximum Gasteiger partial charge on any atom is 0.161 e. The summed E-state index contributed by atoms with van der Waals surface area (Å²) in [6.45, 7) is 7.70. The van der Waals surface area contributed by atoms with Gasteiger partial charge in [0.2, 0.25) is 0 Å². The van der Waals surface area contributed by atoms with E-state index in [1.807, 2.05) is 13.0 Å². The molecule has 0 unspecified atom stereocenters. The molecule has 1 aliphatic heterocycles. The Hall–Kier alpha value is -1.37. The van der Waals surface area contributed by atoms with Crippen LogP contribution in [0.15, 0.2) is 12.3 Å². The van der Waals surface area contributed by atoms with Crippen LogP contribution in [0.5, 0.6) is 0 Å². The number of halogens is 1. The van der Waals surface area contributed by atoms with Gasteiger partial charge < -0.3 is 10.1 Å². The monoisotopic (exact) mass is 309 g/mol. The van der Waals surface area contributed by atoms with Crippen molar-refractivity contribution >= 4 is 23.1 Å². The summed E-state index contributed by atoms with van der Waals surface area (Å²) in [7, 11) is 0. The Labute approximate surface area is 129 Å². The Morgan fingerprint density at radius 3 is 3.00 bits per heavy atom. The number of aromatic nitrogens is 3. The standard InChI is InChI=1S/C14H20ClN5O/c1-11-10-17-20-13(9-12(15)18-14(11)20)16-3-2-4-19-5-7-21-8-6-19/h9-10,16H,2-8H2,1H3. The van der Waals surface area contributed by atoms with Gasteiger partial charge in [0.25, 0.3) is 0 Å². The average molecular weight is 310 g/mol. The minimum Gasteiger partial charge on any atom is -0.379 e. The number of ether oxygens (including phenoxy) is 1. The van der Waals surface area contributed by atoms with Gasteiger partial charge in [-0.25, -0.2) is 4.98 Å². The second kappa shape index (κ2) is 6.60. The molecule has 3 rings (SSSR count). The molecule has 0 spiro atoms. The number of hydrogen-bond donors (Lipinski definition) is 1. The first-order chi connectivity index (χ1) is 10.2. The minimum absolute atomic E-state index is 0.488. The molecular weight excluding hydrogens is 290 g/mol. The van der Waals surface area contributed by atoms with Crippen molar-refractivity contribution in [1.29, 1.82) is 0 Å². The maximum atomic E-state index is 6.07. The van der Waals surface area contributed by atoms with E-state index in [0.29, 0.717) is 5.15 Å². The molecule has 0 aromatic carbocycles. The van der Waals surface area contributed by atoms with Crippen molar-refractivity contribution < 1.29 is 4.74 Å². The summed E-state index contributed by atoms with van der Waals surface area (Å²) in [4.78, 5) is 6.73. The summed E-state index contributed by atoms with van der Waals surface area (Å²) >= 11 is 6.07. The van der Waals surface area contributed by atoms with Crippen LogP contribution in [0, 0.1) is 6.92 Å². The van der Waals surface area contributed by atoms with Gasteiger partial charge >= 0.3 is 0 Å². The molecule has 1 saturated heterocycles. The molecular formula is C14H20ClN5O. The van der Waals surface area contributed by atoms with Crippen LogP contribution in [0.25, 0.3) is 5.65 Å². The molecule has 21 heavy (non-hydrogen) atoms. The lowest BCUT2D eigenvalue weighted by atomic mass is 10.3. The van der Waals surface area contributed by atoms with E-state index in [2.05, 4.69) is 20.3 Å². The molecule has 0 bridgehead atoms. The quantitative estimate of drug-likeness (QED) is 0.674. The number of aryl methyl sites for hydroxylation is 1. The lowest BCUT2D eigenvalue weighted by Crippen LogP contribution is -2.37. The fourth-order valence-electron chi connectivity index (χ4n) is 2.51. The van der Waals surface area contributed by atoms with Crippen molar-refractivity contribution in [2.75, 3.05) is 44.7 Å². The van der Waals surface area contributed by atoms with Gasteiger partial charge in [-0.1, -0.05) is 11.6 Å². The predicted octanol–water partition coefficient (Wildman–Crippen LogP) is 1.83. The van der Waals surface area contributed by atoms with Gasteiger partial charge in [0.1, 0.15) is 11.0 Å². The maximum absolute atomic E-state index is 6.07. The van der Waals surface area contributed by atoms with Crippen LogP contribution in [0.4, 0.5) is 5.82 Å². The molecule has 0 saturated carbocycles. The highest BCUT2D eigenvalue weighted by atomic mass is 35.5. The molecule has 114 valence electrons. The fourth-order valence-corrected chi connectivity index (χ4v) is 2.70.